The van der Waals surface area contributed by atoms with E-state index in [0.717, 1.165) is 10.7 Å². The number of rotatable bonds is 6. The lowest BCUT2D eigenvalue weighted by molar-refractivity contribution is -0.132. The van der Waals surface area contributed by atoms with E-state index in [-0.39, 0.29) is 24.4 Å². The van der Waals surface area contributed by atoms with E-state index in [4.69, 9.17) is 0 Å². The molecular weight excluding hydrogens is 274 g/mol. The number of nitrogens with zero attached hydrogens (tertiary/aromatic N) is 2. The van der Waals surface area contributed by atoms with Crippen LogP contribution in [-0.2, 0) is 9.59 Å². The molecule has 0 unspecified atom stereocenters. The van der Waals surface area contributed by atoms with Crippen molar-refractivity contribution in [2.24, 2.45) is 0 Å². The Morgan fingerprint density at radius 2 is 2.20 bits per heavy atom. The summed E-state index contributed by atoms with van der Waals surface area (Å²) < 4.78 is 0. The third-order valence-electron chi connectivity index (χ3n) is 2.51. The van der Waals surface area contributed by atoms with E-state index in [9.17, 15) is 9.59 Å². The van der Waals surface area contributed by atoms with Crippen LogP contribution in [-0.4, -0.2) is 40.8 Å². The molecule has 0 aliphatic rings. The zero-order chi connectivity index (χ0) is 15.1. The predicted molar refractivity (Wildman–Crippen MR) is 81.4 cm³/mol. The Balaban J connectivity index is 2.58. The van der Waals surface area contributed by atoms with Gasteiger partial charge in [-0.2, -0.15) is 0 Å². The molecule has 0 radical (unpaired) electrons. The summed E-state index contributed by atoms with van der Waals surface area (Å²) in [6.07, 6.45) is 3.13. The summed E-state index contributed by atoms with van der Waals surface area (Å²) in [6, 6.07) is 0.0739. The van der Waals surface area contributed by atoms with Gasteiger partial charge < -0.3 is 10.2 Å². The first-order valence-electron chi connectivity index (χ1n) is 6.60. The maximum Gasteiger partial charge on any atom is 0.247 e. The summed E-state index contributed by atoms with van der Waals surface area (Å²) in [6.45, 7) is 8.11. The van der Waals surface area contributed by atoms with Crippen LogP contribution < -0.4 is 5.32 Å². The molecule has 0 bridgehead atoms. The minimum absolute atomic E-state index is 0.0739. The van der Waals surface area contributed by atoms with Crippen LogP contribution in [0.3, 0.4) is 0 Å². The predicted octanol–water partition coefficient (Wildman–Crippen LogP) is 1.84. The fourth-order valence-corrected chi connectivity index (χ4v) is 2.19. The van der Waals surface area contributed by atoms with Crippen LogP contribution >= 0.6 is 11.3 Å². The van der Waals surface area contributed by atoms with E-state index in [1.165, 1.54) is 22.3 Å². The third kappa shape index (κ3) is 5.52. The monoisotopic (exact) mass is 295 g/mol. The van der Waals surface area contributed by atoms with Crippen molar-refractivity contribution in [3.05, 3.63) is 22.2 Å². The molecule has 0 aromatic carbocycles. The van der Waals surface area contributed by atoms with Crippen molar-refractivity contribution in [3.8, 4) is 0 Å². The minimum atomic E-state index is -0.183. The van der Waals surface area contributed by atoms with E-state index in [1.54, 1.807) is 6.08 Å². The molecule has 0 aliphatic heterocycles. The van der Waals surface area contributed by atoms with E-state index in [0.29, 0.717) is 6.54 Å². The average Bonchev–Trinajstić information content (AvgIpc) is 2.78. The Morgan fingerprint density at radius 1 is 1.50 bits per heavy atom. The van der Waals surface area contributed by atoms with Gasteiger partial charge in [0.05, 0.1) is 17.2 Å². The molecule has 1 aromatic heterocycles. The van der Waals surface area contributed by atoms with E-state index < -0.39 is 0 Å². The Morgan fingerprint density at radius 3 is 2.70 bits per heavy atom. The van der Waals surface area contributed by atoms with Crippen molar-refractivity contribution in [2.45, 2.75) is 33.7 Å². The Labute approximate surface area is 123 Å². The van der Waals surface area contributed by atoms with Crippen LogP contribution in [0, 0.1) is 6.92 Å². The Bertz CT molecular complexity index is 494. The molecule has 1 rings (SSSR count). The zero-order valence-electron chi connectivity index (χ0n) is 12.3. The van der Waals surface area contributed by atoms with E-state index in [1.807, 2.05) is 33.1 Å². The van der Waals surface area contributed by atoms with Gasteiger partial charge in [-0.25, -0.2) is 4.98 Å². The SMILES string of the molecule is CCN(CC(=O)NC(C)C)C(=O)/C=C/c1csc(C)n1. The highest BCUT2D eigenvalue weighted by atomic mass is 32.1. The number of aromatic nitrogens is 1. The minimum Gasteiger partial charge on any atom is -0.352 e. The number of carbonyl (C=O) groups excluding carboxylic acids is 2. The number of aryl methyl sites for hydroxylation is 1. The van der Waals surface area contributed by atoms with Gasteiger partial charge in [-0.1, -0.05) is 0 Å². The van der Waals surface area contributed by atoms with Crippen molar-refractivity contribution in [1.29, 1.82) is 0 Å². The molecule has 110 valence electrons. The Kier molecular flexibility index (Phi) is 6.38. The van der Waals surface area contributed by atoms with Crippen LogP contribution in [0.25, 0.3) is 6.08 Å². The largest absolute Gasteiger partial charge is 0.352 e. The second-order valence-electron chi connectivity index (χ2n) is 4.70. The summed E-state index contributed by atoms with van der Waals surface area (Å²) in [5.41, 5.74) is 0.767. The number of likely N-dealkylation sites (N-methyl/N-ethyl adjacent to an activating group) is 1. The maximum absolute atomic E-state index is 12.0. The molecule has 0 saturated carbocycles. The molecule has 0 fully saturated rings. The standard InChI is InChI=1S/C14H21N3O2S/c1-5-17(8-13(18)15-10(2)3)14(19)7-6-12-9-20-11(4)16-12/h6-7,9-10H,5,8H2,1-4H3,(H,15,18)/b7-6+. The van der Waals surface area contributed by atoms with Gasteiger partial charge in [-0.15, -0.1) is 11.3 Å². The molecule has 1 N–H and O–H groups in total. The summed E-state index contributed by atoms with van der Waals surface area (Å²) in [4.78, 5) is 29.4. The third-order valence-corrected chi connectivity index (χ3v) is 3.30. The molecule has 1 heterocycles. The van der Waals surface area contributed by atoms with E-state index >= 15 is 0 Å². The lowest BCUT2D eigenvalue weighted by Gasteiger charge is -2.19. The van der Waals surface area contributed by atoms with Crippen molar-refractivity contribution in [2.75, 3.05) is 13.1 Å². The lowest BCUT2D eigenvalue weighted by atomic mass is 10.3. The fourth-order valence-electron chi connectivity index (χ4n) is 1.61. The smallest absolute Gasteiger partial charge is 0.247 e. The van der Waals surface area contributed by atoms with E-state index in [2.05, 4.69) is 10.3 Å². The normalized spacial score (nSPS) is 11.1. The summed E-state index contributed by atoms with van der Waals surface area (Å²) in [5, 5.41) is 5.62. The molecule has 2 amide bonds. The fraction of sp³-hybridized carbons (Fsp3) is 0.500. The van der Waals surface area contributed by atoms with Crippen molar-refractivity contribution in [1.82, 2.24) is 15.2 Å². The van der Waals surface area contributed by atoms with Gasteiger partial charge in [-0.05, 0) is 33.8 Å². The van der Waals surface area contributed by atoms with Gasteiger partial charge in [0.25, 0.3) is 0 Å². The van der Waals surface area contributed by atoms with Gasteiger partial charge in [0.15, 0.2) is 0 Å². The van der Waals surface area contributed by atoms with Crippen molar-refractivity contribution < 1.29 is 9.59 Å². The molecule has 5 nitrogen and oxygen atoms in total. The number of nitrogens with one attached hydrogen (secondary N) is 1. The number of thiazole rings is 1. The van der Waals surface area contributed by atoms with Crippen molar-refractivity contribution in [3.63, 3.8) is 0 Å². The van der Waals surface area contributed by atoms with Gasteiger partial charge >= 0.3 is 0 Å². The number of carbonyl (C=O) groups is 2. The van der Waals surface area contributed by atoms with Crippen LogP contribution in [0.5, 0.6) is 0 Å². The molecule has 20 heavy (non-hydrogen) atoms. The van der Waals surface area contributed by atoms with Crippen LogP contribution in [0.1, 0.15) is 31.5 Å². The molecule has 0 aliphatic carbocycles. The van der Waals surface area contributed by atoms with Crippen LogP contribution in [0.15, 0.2) is 11.5 Å². The molecule has 6 heteroatoms. The van der Waals surface area contributed by atoms with Gasteiger partial charge in [0.1, 0.15) is 0 Å². The van der Waals surface area contributed by atoms with Crippen LogP contribution in [0.2, 0.25) is 0 Å². The molecule has 0 spiro atoms. The summed E-state index contributed by atoms with van der Waals surface area (Å²) >= 11 is 1.54. The second-order valence-corrected chi connectivity index (χ2v) is 5.76. The maximum atomic E-state index is 12.0. The molecule has 0 atom stereocenters. The first-order chi connectivity index (χ1) is 9.42. The Hall–Kier alpha value is -1.69. The molecule has 1 aromatic rings. The lowest BCUT2D eigenvalue weighted by Crippen LogP contribution is -2.42. The number of hydrogen-bond acceptors (Lipinski definition) is 4. The van der Waals surface area contributed by atoms with Crippen molar-refractivity contribution >= 4 is 29.2 Å². The topological polar surface area (TPSA) is 62.3 Å². The highest BCUT2D eigenvalue weighted by Crippen LogP contribution is 2.09. The van der Waals surface area contributed by atoms with Gasteiger partial charge in [-0.3, -0.25) is 9.59 Å². The molecular formula is C14H21N3O2S. The van der Waals surface area contributed by atoms with Gasteiger partial charge in [0.2, 0.25) is 11.8 Å². The van der Waals surface area contributed by atoms with Crippen LogP contribution in [0.4, 0.5) is 0 Å². The highest BCUT2D eigenvalue weighted by molar-refractivity contribution is 7.09. The molecule has 0 saturated heterocycles. The van der Waals surface area contributed by atoms with Gasteiger partial charge in [0, 0.05) is 24.0 Å². The zero-order valence-corrected chi connectivity index (χ0v) is 13.2. The summed E-state index contributed by atoms with van der Waals surface area (Å²) in [7, 11) is 0. The quantitative estimate of drug-likeness (QED) is 0.815. The highest BCUT2D eigenvalue weighted by Gasteiger charge is 2.13. The second kappa shape index (κ2) is 7.79. The number of hydrogen-bond donors (Lipinski definition) is 1. The number of amides is 2. The summed E-state index contributed by atoms with van der Waals surface area (Å²) in [5.74, 6) is -0.329. The average molecular weight is 295 g/mol. The first kappa shape index (κ1) is 16.4. The first-order valence-corrected chi connectivity index (χ1v) is 7.48.